The van der Waals surface area contributed by atoms with Gasteiger partial charge in [-0.3, -0.25) is 9.48 Å². The predicted octanol–water partition coefficient (Wildman–Crippen LogP) is 6.66. The molecule has 4 aromatic carbocycles. The SMILES string of the molecule is O=C(Nc1nn(Cc2ccc(COc3ccc4ccccc4c3)cc2)c2ccccc12)c1ccco1. The second-order valence-electron chi connectivity index (χ2n) is 8.57. The summed E-state index contributed by atoms with van der Waals surface area (Å²) in [5.41, 5.74) is 3.13. The average molecular weight is 474 g/mol. The number of anilines is 1. The molecule has 0 atom stereocenters. The number of nitrogens with one attached hydrogen (secondary N) is 1. The van der Waals surface area contributed by atoms with Gasteiger partial charge < -0.3 is 14.5 Å². The van der Waals surface area contributed by atoms with Gasteiger partial charge in [0.25, 0.3) is 5.91 Å². The highest BCUT2D eigenvalue weighted by atomic mass is 16.5. The molecule has 0 saturated carbocycles. The highest BCUT2D eigenvalue weighted by molar-refractivity contribution is 6.06. The summed E-state index contributed by atoms with van der Waals surface area (Å²) in [6, 6.07) is 33.8. The van der Waals surface area contributed by atoms with Gasteiger partial charge in [-0.05, 0) is 58.3 Å². The van der Waals surface area contributed by atoms with Crippen molar-refractivity contribution in [1.29, 1.82) is 0 Å². The maximum atomic E-state index is 12.5. The van der Waals surface area contributed by atoms with E-state index < -0.39 is 0 Å². The van der Waals surface area contributed by atoms with E-state index in [0.717, 1.165) is 33.2 Å². The number of para-hydroxylation sites is 1. The smallest absolute Gasteiger partial charge is 0.292 e. The van der Waals surface area contributed by atoms with Crippen molar-refractivity contribution in [2.24, 2.45) is 0 Å². The number of hydrogen-bond acceptors (Lipinski definition) is 4. The van der Waals surface area contributed by atoms with Gasteiger partial charge in [0.1, 0.15) is 12.4 Å². The molecule has 36 heavy (non-hydrogen) atoms. The lowest BCUT2D eigenvalue weighted by atomic mass is 10.1. The van der Waals surface area contributed by atoms with Gasteiger partial charge in [0, 0.05) is 5.39 Å². The number of amides is 1. The van der Waals surface area contributed by atoms with Crippen molar-refractivity contribution >= 4 is 33.4 Å². The number of carbonyl (C=O) groups is 1. The zero-order valence-electron chi connectivity index (χ0n) is 19.4. The predicted molar refractivity (Wildman–Crippen MR) is 140 cm³/mol. The summed E-state index contributed by atoms with van der Waals surface area (Å²) in [7, 11) is 0. The maximum absolute atomic E-state index is 12.5. The largest absolute Gasteiger partial charge is 0.489 e. The van der Waals surface area contributed by atoms with Crippen LogP contribution in [0.15, 0.2) is 114 Å². The molecule has 0 aliphatic rings. The molecule has 0 saturated heterocycles. The normalized spacial score (nSPS) is 11.1. The first-order chi connectivity index (χ1) is 17.7. The highest BCUT2D eigenvalue weighted by Gasteiger charge is 2.15. The van der Waals surface area contributed by atoms with Gasteiger partial charge in [-0.1, -0.05) is 66.7 Å². The standard InChI is InChI=1S/C30H23N3O3/c34-30(28-10-5-17-35-28)31-29-26-8-3-4-9-27(26)33(32-29)19-21-11-13-22(14-12-21)20-36-25-16-15-23-6-1-2-7-24(23)18-25/h1-18H,19-20H2,(H,31,32,34). The number of benzene rings is 4. The Balaban J connectivity index is 1.16. The molecule has 1 amide bonds. The van der Waals surface area contributed by atoms with Crippen LogP contribution in [0.25, 0.3) is 21.7 Å². The molecule has 1 N–H and O–H groups in total. The number of furan rings is 1. The molecule has 6 heteroatoms. The molecular weight excluding hydrogens is 450 g/mol. The van der Waals surface area contributed by atoms with Gasteiger partial charge in [0.15, 0.2) is 11.6 Å². The minimum absolute atomic E-state index is 0.245. The molecule has 176 valence electrons. The summed E-state index contributed by atoms with van der Waals surface area (Å²) < 4.78 is 13.1. The van der Waals surface area contributed by atoms with E-state index in [0.29, 0.717) is 19.0 Å². The first-order valence-electron chi connectivity index (χ1n) is 11.7. The molecule has 0 unspecified atom stereocenters. The molecule has 6 nitrogen and oxygen atoms in total. The highest BCUT2D eigenvalue weighted by Crippen LogP contribution is 2.25. The maximum Gasteiger partial charge on any atom is 0.292 e. The summed E-state index contributed by atoms with van der Waals surface area (Å²) in [5.74, 6) is 1.28. The monoisotopic (exact) mass is 473 g/mol. The first kappa shape index (κ1) is 21.7. The Bertz CT molecular complexity index is 1650. The van der Waals surface area contributed by atoms with Crippen LogP contribution >= 0.6 is 0 Å². The molecule has 2 aromatic heterocycles. The number of aromatic nitrogens is 2. The second kappa shape index (κ2) is 9.43. The van der Waals surface area contributed by atoms with Crippen LogP contribution in [-0.2, 0) is 13.2 Å². The van der Waals surface area contributed by atoms with Gasteiger partial charge in [-0.2, -0.15) is 5.10 Å². The van der Waals surface area contributed by atoms with Gasteiger partial charge in [0.2, 0.25) is 0 Å². The molecule has 0 bridgehead atoms. The lowest BCUT2D eigenvalue weighted by Crippen LogP contribution is -2.12. The summed E-state index contributed by atoms with van der Waals surface area (Å²) in [4.78, 5) is 12.5. The molecule has 0 aliphatic heterocycles. The fourth-order valence-electron chi connectivity index (χ4n) is 4.25. The van der Waals surface area contributed by atoms with Crippen LogP contribution in [0.3, 0.4) is 0 Å². The lowest BCUT2D eigenvalue weighted by molar-refractivity contribution is 0.0996. The fraction of sp³-hybridized carbons (Fsp3) is 0.0667. The summed E-state index contributed by atoms with van der Waals surface area (Å²) in [6.45, 7) is 1.06. The molecule has 0 fully saturated rings. The second-order valence-corrected chi connectivity index (χ2v) is 8.57. The Labute approximate surface area is 207 Å². The Kier molecular flexibility index (Phi) is 5.68. The lowest BCUT2D eigenvalue weighted by Gasteiger charge is -2.09. The van der Waals surface area contributed by atoms with E-state index >= 15 is 0 Å². The summed E-state index contributed by atoms with van der Waals surface area (Å²) >= 11 is 0. The first-order valence-corrected chi connectivity index (χ1v) is 11.7. The molecule has 0 spiro atoms. The van der Waals surface area contributed by atoms with E-state index in [1.807, 2.05) is 47.1 Å². The minimum Gasteiger partial charge on any atom is -0.489 e. The van der Waals surface area contributed by atoms with E-state index in [2.05, 4.69) is 58.9 Å². The van der Waals surface area contributed by atoms with Crippen LogP contribution in [0, 0.1) is 0 Å². The van der Waals surface area contributed by atoms with Crippen LogP contribution in [0.1, 0.15) is 21.7 Å². The van der Waals surface area contributed by atoms with E-state index in [1.54, 1.807) is 12.1 Å². The molecule has 6 aromatic rings. The summed E-state index contributed by atoms with van der Waals surface area (Å²) in [5, 5.41) is 10.8. The average Bonchev–Trinajstić information content (AvgIpc) is 3.58. The van der Waals surface area contributed by atoms with E-state index in [1.165, 1.54) is 11.6 Å². The Morgan fingerprint density at radius 1 is 0.833 bits per heavy atom. The van der Waals surface area contributed by atoms with Crippen molar-refractivity contribution in [2.45, 2.75) is 13.2 Å². The number of rotatable bonds is 7. The Hall–Kier alpha value is -4.84. The number of nitrogens with zero attached hydrogens (tertiary/aromatic N) is 2. The molecule has 6 rings (SSSR count). The Morgan fingerprint density at radius 2 is 1.61 bits per heavy atom. The van der Waals surface area contributed by atoms with Gasteiger partial charge in [-0.25, -0.2) is 0 Å². The third-order valence-electron chi connectivity index (χ3n) is 6.12. The van der Waals surface area contributed by atoms with Gasteiger partial charge in [-0.15, -0.1) is 0 Å². The van der Waals surface area contributed by atoms with Crippen LogP contribution in [-0.4, -0.2) is 15.7 Å². The topological polar surface area (TPSA) is 69.3 Å². The molecular formula is C30H23N3O3. The van der Waals surface area contributed by atoms with Gasteiger partial charge in [0.05, 0.1) is 18.3 Å². The van der Waals surface area contributed by atoms with Crippen LogP contribution in [0.4, 0.5) is 5.82 Å². The number of fused-ring (bicyclic) bond motifs is 2. The summed E-state index contributed by atoms with van der Waals surface area (Å²) in [6.07, 6.45) is 1.47. The van der Waals surface area contributed by atoms with Crippen LogP contribution < -0.4 is 10.1 Å². The third kappa shape index (κ3) is 4.44. The van der Waals surface area contributed by atoms with Crippen LogP contribution in [0.2, 0.25) is 0 Å². The van der Waals surface area contributed by atoms with Crippen LogP contribution in [0.5, 0.6) is 5.75 Å². The number of carbonyl (C=O) groups excluding carboxylic acids is 1. The zero-order chi connectivity index (χ0) is 24.3. The van der Waals surface area contributed by atoms with E-state index in [-0.39, 0.29) is 11.7 Å². The van der Waals surface area contributed by atoms with Crippen molar-refractivity contribution in [3.05, 3.63) is 126 Å². The Morgan fingerprint density at radius 3 is 2.44 bits per heavy atom. The van der Waals surface area contributed by atoms with Crippen molar-refractivity contribution in [2.75, 3.05) is 5.32 Å². The molecule has 2 heterocycles. The van der Waals surface area contributed by atoms with E-state index in [9.17, 15) is 4.79 Å². The molecule has 0 aliphatic carbocycles. The fourth-order valence-corrected chi connectivity index (χ4v) is 4.25. The van der Waals surface area contributed by atoms with Crippen molar-refractivity contribution in [3.8, 4) is 5.75 Å². The van der Waals surface area contributed by atoms with E-state index in [4.69, 9.17) is 9.15 Å². The van der Waals surface area contributed by atoms with Crippen molar-refractivity contribution in [3.63, 3.8) is 0 Å². The van der Waals surface area contributed by atoms with Crippen molar-refractivity contribution < 1.29 is 13.9 Å². The minimum atomic E-state index is -0.328. The third-order valence-corrected chi connectivity index (χ3v) is 6.12. The number of ether oxygens (including phenoxy) is 1. The quantitative estimate of drug-likeness (QED) is 0.281. The van der Waals surface area contributed by atoms with Gasteiger partial charge >= 0.3 is 0 Å². The van der Waals surface area contributed by atoms with Crippen molar-refractivity contribution in [1.82, 2.24) is 9.78 Å². The molecule has 0 radical (unpaired) electrons. The number of hydrogen-bond donors (Lipinski definition) is 1. The zero-order valence-corrected chi connectivity index (χ0v) is 19.4.